The number of halogens is 1. The topological polar surface area (TPSA) is 88.2 Å². The Balaban J connectivity index is 1.49. The summed E-state index contributed by atoms with van der Waals surface area (Å²) in [6.07, 6.45) is 2.10. The van der Waals surface area contributed by atoms with Crippen molar-refractivity contribution >= 4 is 17.8 Å². The van der Waals surface area contributed by atoms with Crippen LogP contribution in [-0.2, 0) is 24.6 Å². The maximum absolute atomic E-state index is 13.2. The number of nitrogens with zero attached hydrogens (tertiary/aromatic N) is 2. The predicted octanol–water partition coefficient (Wildman–Crippen LogP) is 1.35. The Hall–Kier alpha value is -2.52. The predicted molar refractivity (Wildman–Crippen MR) is 99.0 cm³/mol. The summed E-state index contributed by atoms with van der Waals surface area (Å²) in [6, 6.07) is 4.50. The molecular weight excluding hydrogens is 381 g/mol. The van der Waals surface area contributed by atoms with Gasteiger partial charge in [0.1, 0.15) is 17.9 Å². The molecule has 3 aliphatic rings. The normalized spacial score (nSPS) is 28.1. The number of nitrogens with one attached hydrogen (secondary N) is 1. The average molecular weight is 405 g/mol. The molecule has 3 aliphatic heterocycles. The lowest BCUT2D eigenvalue weighted by Crippen LogP contribution is -2.53. The van der Waals surface area contributed by atoms with E-state index >= 15 is 0 Å². The number of urea groups is 1. The number of benzene rings is 1. The summed E-state index contributed by atoms with van der Waals surface area (Å²) >= 11 is 0. The number of ether oxygens (including phenoxy) is 2. The summed E-state index contributed by atoms with van der Waals surface area (Å²) in [5, 5.41) is 2.64. The smallest absolute Gasteiger partial charge is 0.325 e. The molecule has 2 unspecified atom stereocenters. The quantitative estimate of drug-likeness (QED) is 0.764. The molecule has 3 fully saturated rings. The lowest BCUT2D eigenvalue weighted by molar-refractivity contribution is -0.152. The van der Waals surface area contributed by atoms with Gasteiger partial charge in [-0.05, 0) is 43.9 Å². The van der Waals surface area contributed by atoms with Crippen LogP contribution >= 0.6 is 0 Å². The van der Waals surface area contributed by atoms with Crippen molar-refractivity contribution in [2.75, 3.05) is 26.3 Å². The second-order valence-corrected chi connectivity index (χ2v) is 7.71. The van der Waals surface area contributed by atoms with Crippen LogP contribution in [0.25, 0.3) is 0 Å². The van der Waals surface area contributed by atoms with E-state index in [1.54, 1.807) is 11.8 Å². The number of amides is 4. The number of imide groups is 1. The van der Waals surface area contributed by atoms with Crippen LogP contribution in [0.4, 0.5) is 9.18 Å². The minimum Gasteiger partial charge on any atom is -0.348 e. The second kappa shape index (κ2) is 7.72. The highest BCUT2D eigenvalue weighted by atomic mass is 19.1. The van der Waals surface area contributed by atoms with Crippen molar-refractivity contribution in [3.63, 3.8) is 0 Å². The van der Waals surface area contributed by atoms with Crippen molar-refractivity contribution in [2.24, 2.45) is 0 Å². The fourth-order valence-corrected chi connectivity index (χ4v) is 4.19. The number of hydrogen-bond acceptors (Lipinski definition) is 5. The van der Waals surface area contributed by atoms with Crippen LogP contribution in [0.15, 0.2) is 24.3 Å². The molecule has 8 nitrogen and oxygen atoms in total. The highest BCUT2D eigenvalue weighted by molar-refractivity contribution is 6.09. The molecule has 0 spiro atoms. The Kier molecular flexibility index (Phi) is 5.26. The molecule has 0 aromatic heterocycles. The third-order valence-corrected chi connectivity index (χ3v) is 5.82. The van der Waals surface area contributed by atoms with Gasteiger partial charge < -0.3 is 19.7 Å². The van der Waals surface area contributed by atoms with Gasteiger partial charge in [0.2, 0.25) is 5.91 Å². The van der Waals surface area contributed by atoms with Gasteiger partial charge in [-0.1, -0.05) is 12.1 Å². The fraction of sp³-hybridized carbons (Fsp3) is 0.550. The van der Waals surface area contributed by atoms with E-state index in [1.165, 1.54) is 24.3 Å². The first-order valence-electron chi connectivity index (χ1n) is 9.83. The van der Waals surface area contributed by atoms with Crippen LogP contribution in [-0.4, -0.2) is 66.3 Å². The number of carbonyl (C=O) groups is 3. The van der Waals surface area contributed by atoms with E-state index in [2.05, 4.69) is 5.32 Å². The van der Waals surface area contributed by atoms with Gasteiger partial charge in [-0.15, -0.1) is 0 Å². The third kappa shape index (κ3) is 3.60. The molecule has 1 aromatic carbocycles. The molecule has 0 aliphatic carbocycles. The molecule has 1 N–H and O–H groups in total. The van der Waals surface area contributed by atoms with Crippen molar-refractivity contribution in [2.45, 2.75) is 44.1 Å². The van der Waals surface area contributed by atoms with Gasteiger partial charge in [-0.2, -0.15) is 0 Å². The van der Waals surface area contributed by atoms with Crippen LogP contribution in [0.1, 0.15) is 31.7 Å². The monoisotopic (exact) mass is 405 g/mol. The van der Waals surface area contributed by atoms with Gasteiger partial charge >= 0.3 is 6.03 Å². The summed E-state index contributed by atoms with van der Waals surface area (Å²) in [6.45, 7) is 2.71. The largest absolute Gasteiger partial charge is 0.348 e. The first-order valence-corrected chi connectivity index (χ1v) is 9.83. The Bertz CT molecular complexity index is 811. The molecule has 156 valence electrons. The SMILES string of the molecule is CC1(c2ccc(F)cc2)NC(=O)N(CC(=O)N2CCCCC2C2OCCO2)C1=O. The lowest BCUT2D eigenvalue weighted by atomic mass is 9.92. The molecule has 0 saturated carbocycles. The van der Waals surface area contributed by atoms with Gasteiger partial charge in [0.15, 0.2) is 6.29 Å². The first-order chi connectivity index (χ1) is 13.9. The molecule has 9 heteroatoms. The Morgan fingerprint density at radius 3 is 2.59 bits per heavy atom. The number of piperidine rings is 1. The molecule has 3 heterocycles. The van der Waals surface area contributed by atoms with Crippen molar-refractivity contribution in [1.82, 2.24) is 15.1 Å². The number of hydrogen-bond donors (Lipinski definition) is 1. The van der Waals surface area contributed by atoms with Gasteiger partial charge in [0, 0.05) is 6.54 Å². The molecule has 29 heavy (non-hydrogen) atoms. The van der Waals surface area contributed by atoms with Crippen LogP contribution < -0.4 is 5.32 Å². The molecule has 0 radical (unpaired) electrons. The van der Waals surface area contributed by atoms with Crippen LogP contribution in [0, 0.1) is 5.82 Å². The Morgan fingerprint density at radius 1 is 1.21 bits per heavy atom. The summed E-state index contributed by atoms with van der Waals surface area (Å²) in [5.41, 5.74) is -0.889. The summed E-state index contributed by atoms with van der Waals surface area (Å²) in [4.78, 5) is 41.1. The lowest BCUT2D eigenvalue weighted by Gasteiger charge is -2.38. The molecule has 0 bridgehead atoms. The maximum Gasteiger partial charge on any atom is 0.325 e. The molecular formula is C20H24FN3O5. The Morgan fingerprint density at radius 2 is 1.90 bits per heavy atom. The van der Waals surface area contributed by atoms with Gasteiger partial charge in [0.25, 0.3) is 5.91 Å². The number of likely N-dealkylation sites (tertiary alicyclic amines) is 1. The minimum atomic E-state index is -1.34. The van der Waals surface area contributed by atoms with Gasteiger partial charge in [0.05, 0.1) is 19.3 Å². The van der Waals surface area contributed by atoms with E-state index < -0.39 is 29.6 Å². The average Bonchev–Trinajstić information content (AvgIpc) is 3.32. The zero-order valence-corrected chi connectivity index (χ0v) is 16.2. The maximum atomic E-state index is 13.2. The van der Waals surface area contributed by atoms with E-state index in [0.717, 1.165) is 24.2 Å². The van der Waals surface area contributed by atoms with E-state index in [-0.39, 0.29) is 18.5 Å². The minimum absolute atomic E-state index is 0.219. The highest BCUT2D eigenvalue weighted by Crippen LogP contribution is 2.30. The zero-order valence-electron chi connectivity index (χ0n) is 16.2. The van der Waals surface area contributed by atoms with E-state index in [4.69, 9.17) is 9.47 Å². The van der Waals surface area contributed by atoms with Crippen molar-refractivity contribution in [1.29, 1.82) is 0 Å². The second-order valence-electron chi connectivity index (χ2n) is 7.71. The molecule has 3 saturated heterocycles. The first kappa shape index (κ1) is 19.8. The standard InChI is InChI=1S/C20H24FN3O5/c1-20(13-5-7-14(21)8-6-13)18(26)24(19(27)22-20)12-16(25)23-9-3-2-4-15(23)17-28-10-11-29-17/h5-8,15,17H,2-4,9-12H2,1H3,(H,22,27). The summed E-state index contributed by atoms with van der Waals surface area (Å²) in [5.74, 6) is -1.29. The molecule has 1 aromatic rings. The van der Waals surface area contributed by atoms with Gasteiger partial charge in [-0.3, -0.25) is 14.5 Å². The number of carbonyl (C=O) groups excluding carboxylic acids is 3. The highest BCUT2D eigenvalue weighted by Gasteiger charge is 2.50. The van der Waals surface area contributed by atoms with E-state index in [1.807, 2.05) is 0 Å². The van der Waals surface area contributed by atoms with E-state index in [9.17, 15) is 18.8 Å². The van der Waals surface area contributed by atoms with Crippen molar-refractivity contribution in [3.05, 3.63) is 35.6 Å². The summed E-state index contributed by atoms with van der Waals surface area (Å²) < 4.78 is 24.4. The molecule has 2 atom stereocenters. The fourth-order valence-electron chi connectivity index (χ4n) is 4.19. The van der Waals surface area contributed by atoms with Crippen LogP contribution in [0.3, 0.4) is 0 Å². The summed E-state index contributed by atoms with van der Waals surface area (Å²) in [7, 11) is 0. The number of rotatable bonds is 4. The van der Waals surface area contributed by atoms with Crippen molar-refractivity contribution in [3.8, 4) is 0 Å². The third-order valence-electron chi connectivity index (χ3n) is 5.82. The van der Waals surface area contributed by atoms with Crippen LogP contribution in [0.5, 0.6) is 0 Å². The van der Waals surface area contributed by atoms with Crippen LogP contribution in [0.2, 0.25) is 0 Å². The molecule has 4 rings (SSSR count). The van der Waals surface area contributed by atoms with Crippen molar-refractivity contribution < 1.29 is 28.2 Å². The van der Waals surface area contributed by atoms with Gasteiger partial charge in [-0.25, -0.2) is 9.18 Å². The molecule has 4 amide bonds. The Labute approximate surface area is 167 Å². The zero-order chi connectivity index (χ0) is 20.6. The van der Waals surface area contributed by atoms with E-state index in [0.29, 0.717) is 25.3 Å².